The number of hydrogen-bond acceptors (Lipinski definition) is 1. The van der Waals surface area contributed by atoms with Gasteiger partial charge in [-0.3, -0.25) is 0 Å². The summed E-state index contributed by atoms with van der Waals surface area (Å²) in [5.74, 6) is 0. The molecule has 0 amide bonds. The van der Waals surface area contributed by atoms with Gasteiger partial charge in [0.25, 0.3) is 0 Å². The molecule has 0 saturated carbocycles. The molecule has 3 nitrogen and oxygen atoms in total. The van der Waals surface area contributed by atoms with Gasteiger partial charge in [-0.1, -0.05) is 6.07 Å². The quantitative estimate of drug-likeness (QED) is 0.773. The SMILES string of the molecule is [C-]#[N+]c1ccc2c(cc(C)n2CCOC)c1C(F)(F)F. The van der Waals surface area contributed by atoms with Gasteiger partial charge in [0.1, 0.15) is 0 Å². The smallest absolute Gasteiger partial charge is 0.383 e. The number of aryl methyl sites for hydroxylation is 1. The summed E-state index contributed by atoms with van der Waals surface area (Å²) < 4.78 is 46.3. The lowest BCUT2D eigenvalue weighted by molar-refractivity contribution is -0.135. The fourth-order valence-corrected chi connectivity index (χ4v) is 2.33. The fraction of sp³-hybridized carbons (Fsp3) is 0.357. The molecule has 20 heavy (non-hydrogen) atoms. The van der Waals surface area contributed by atoms with Gasteiger partial charge >= 0.3 is 6.18 Å². The van der Waals surface area contributed by atoms with Crippen molar-refractivity contribution in [2.45, 2.75) is 19.6 Å². The second-order valence-corrected chi connectivity index (χ2v) is 4.43. The maximum absolute atomic E-state index is 13.2. The largest absolute Gasteiger partial charge is 0.408 e. The van der Waals surface area contributed by atoms with Crippen LogP contribution in [0.15, 0.2) is 18.2 Å². The Bertz CT molecular complexity index is 680. The van der Waals surface area contributed by atoms with Crippen LogP contribution in [0, 0.1) is 13.5 Å². The van der Waals surface area contributed by atoms with E-state index in [1.807, 2.05) is 0 Å². The molecule has 0 aliphatic heterocycles. The minimum atomic E-state index is -4.54. The van der Waals surface area contributed by atoms with E-state index in [1.54, 1.807) is 24.7 Å². The normalized spacial score (nSPS) is 11.8. The third kappa shape index (κ3) is 2.37. The average Bonchev–Trinajstić information content (AvgIpc) is 2.69. The van der Waals surface area contributed by atoms with Gasteiger partial charge in [-0.15, -0.1) is 0 Å². The van der Waals surface area contributed by atoms with Crippen LogP contribution in [0.4, 0.5) is 18.9 Å². The van der Waals surface area contributed by atoms with Gasteiger partial charge in [0.15, 0.2) is 5.69 Å². The Balaban J connectivity index is 2.74. The Morgan fingerprint density at radius 2 is 2.05 bits per heavy atom. The van der Waals surface area contributed by atoms with E-state index in [-0.39, 0.29) is 11.1 Å². The minimum absolute atomic E-state index is 0.0691. The highest BCUT2D eigenvalue weighted by molar-refractivity contribution is 5.90. The first-order chi connectivity index (χ1) is 9.40. The zero-order valence-corrected chi connectivity index (χ0v) is 11.1. The second kappa shape index (κ2) is 5.17. The molecule has 0 N–H and O–H groups in total. The van der Waals surface area contributed by atoms with Crippen LogP contribution in [-0.4, -0.2) is 18.3 Å². The maximum atomic E-state index is 13.2. The molecule has 0 aliphatic carbocycles. The number of hydrogen-bond donors (Lipinski definition) is 0. The maximum Gasteiger partial charge on any atom is 0.408 e. The number of halogens is 3. The first kappa shape index (κ1) is 14.4. The highest BCUT2D eigenvalue weighted by Gasteiger charge is 2.36. The summed E-state index contributed by atoms with van der Waals surface area (Å²) in [6.07, 6.45) is -4.54. The summed E-state index contributed by atoms with van der Waals surface area (Å²) in [6.45, 7) is 9.54. The summed E-state index contributed by atoms with van der Waals surface area (Å²) in [7, 11) is 1.54. The molecule has 2 aromatic rings. The standard InChI is InChI=1S/C14H13F3N2O/c1-9-8-10-12(19(9)6-7-20-3)5-4-11(18-2)13(10)14(15,16)17/h4-5,8H,6-7H2,1,3H3. The van der Waals surface area contributed by atoms with E-state index in [0.717, 1.165) is 0 Å². The van der Waals surface area contributed by atoms with E-state index in [4.69, 9.17) is 11.3 Å². The van der Waals surface area contributed by atoms with Crippen molar-refractivity contribution in [3.05, 3.63) is 40.9 Å². The zero-order valence-electron chi connectivity index (χ0n) is 11.1. The van der Waals surface area contributed by atoms with Crippen LogP contribution in [0.3, 0.4) is 0 Å². The number of alkyl halides is 3. The van der Waals surface area contributed by atoms with Gasteiger partial charge in [0, 0.05) is 30.3 Å². The molecule has 0 atom stereocenters. The van der Waals surface area contributed by atoms with Gasteiger partial charge in [-0.2, -0.15) is 13.2 Å². The van der Waals surface area contributed by atoms with Gasteiger partial charge < -0.3 is 9.30 Å². The van der Waals surface area contributed by atoms with E-state index < -0.39 is 11.7 Å². The van der Waals surface area contributed by atoms with Crippen LogP contribution in [0.1, 0.15) is 11.3 Å². The van der Waals surface area contributed by atoms with Gasteiger partial charge in [0.2, 0.25) is 0 Å². The average molecular weight is 282 g/mol. The van der Waals surface area contributed by atoms with Crippen molar-refractivity contribution < 1.29 is 17.9 Å². The van der Waals surface area contributed by atoms with Crippen LogP contribution in [0.5, 0.6) is 0 Å². The molecule has 0 unspecified atom stereocenters. The number of methoxy groups -OCH3 is 1. The molecule has 0 aliphatic rings. The summed E-state index contributed by atoms with van der Waals surface area (Å²) in [4.78, 5) is 2.98. The number of nitrogens with zero attached hydrogens (tertiary/aromatic N) is 2. The molecule has 2 rings (SSSR count). The van der Waals surface area contributed by atoms with Crippen LogP contribution >= 0.6 is 0 Å². The monoisotopic (exact) mass is 282 g/mol. The Morgan fingerprint density at radius 3 is 2.60 bits per heavy atom. The second-order valence-electron chi connectivity index (χ2n) is 4.43. The molecule has 0 radical (unpaired) electrons. The number of fused-ring (bicyclic) bond motifs is 1. The number of aromatic nitrogens is 1. The van der Waals surface area contributed by atoms with Crippen molar-refractivity contribution in [1.29, 1.82) is 0 Å². The lowest BCUT2D eigenvalue weighted by atomic mass is 10.1. The molecule has 1 aromatic heterocycles. The molecule has 1 aromatic carbocycles. The lowest BCUT2D eigenvalue weighted by Gasteiger charge is -2.12. The van der Waals surface area contributed by atoms with Gasteiger partial charge in [0.05, 0.1) is 18.7 Å². The third-order valence-corrected chi connectivity index (χ3v) is 3.19. The molecule has 6 heteroatoms. The predicted molar refractivity (Wildman–Crippen MR) is 69.8 cm³/mol. The van der Waals surface area contributed by atoms with Crippen LogP contribution in [0.2, 0.25) is 0 Å². The van der Waals surface area contributed by atoms with E-state index in [1.165, 1.54) is 12.1 Å². The molecular formula is C14H13F3N2O. The van der Waals surface area contributed by atoms with E-state index in [9.17, 15) is 13.2 Å². The van der Waals surface area contributed by atoms with Crippen molar-refractivity contribution >= 4 is 16.6 Å². The Hall–Kier alpha value is -2.00. The summed E-state index contributed by atoms with van der Waals surface area (Å²) >= 11 is 0. The highest BCUT2D eigenvalue weighted by atomic mass is 19.4. The minimum Gasteiger partial charge on any atom is -0.383 e. The Labute approximate surface area is 114 Å². The van der Waals surface area contributed by atoms with Crippen LogP contribution < -0.4 is 0 Å². The molecule has 106 valence electrons. The summed E-state index contributed by atoms with van der Waals surface area (Å²) in [6, 6.07) is 4.25. The van der Waals surface area contributed by atoms with Crippen molar-refractivity contribution in [3.8, 4) is 0 Å². The molecule has 0 bridgehead atoms. The van der Waals surface area contributed by atoms with Gasteiger partial charge in [-0.05, 0) is 19.1 Å². The number of ether oxygens (including phenoxy) is 1. The molecule has 1 heterocycles. The highest BCUT2D eigenvalue weighted by Crippen LogP contribution is 2.42. The Kier molecular flexibility index (Phi) is 3.73. The zero-order chi connectivity index (χ0) is 14.9. The molecule has 0 fully saturated rings. The number of benzene rings is 1. The summed E-state index contributed by atoms with van der Waals surface area (Å²) in [5.41, 5.74) is -0.0397. The first-order valence-electron chi connectivity index (χ1n) is 5.96. The Morgan fingerprint density at radius 1 is 1.35 bits per heavy atom. The van der Waals surface area contributed by atoms with Crippen molar-refractivity contribution in [2.75, 3.05) is 13.7 Å². The van der Waals surface area contributed by atoms with Gasteiger partial charge in [-0.25, -0.2) is 4.85 Å². The van der Waals surface area contributed by atoms with Crippen LogP contribution in [-0.2, 0) is 17.5 Å². The van der Waals surface area contributed by atoms with E-state index >= 15 is 0 Å². The summed E-state index contributed by atoms with van der Waals surface area (Å²) in [5, 5.41) is 0.0691. The van der Waals surface area contributed by atoms with Crippen molar-refractivity contribution in [1.82, 2.24) is 4.57 Å². The van der Waals surface area contributed by atoms with E-state index in [2.05, 4.69) is 4.85 Å². The fourth-order valence-electron chi connectivity index (χ4n) is 2.33. The number of rotatable bonds is 3. The topological polar surface area (TPSA) is 18.5 Å². The van der Waals surface area contributed by atoms with Crippen LogP contribution in [0.25, 0.3) is 15.7 Å². The lowest BCUT2D eigenvalue weighted by Crippen LogP contribution is -2.07. The molecular weight excluding hydrogens is 269 g/mol. The van der Waals surface area contributed by atoms with Crippen molar-refractivity contribution in [2.24, 2.45) is 0 Å². The van der Waals surface area contributed by atoms with Crippen molar-refractivity contribution in [3.63, 3.8) is 0 Å². The first-order valence-corrected chi connectivity index (χ1v) is 5.96. The third-order valence-electron chi connectivity index (χ3n) is 3.19. The predicted octanol–water partition coefficient (Wildman–Crippen LogP) is 4.17. The molecule has 0 saturated heterocycles. The molecule has 0 spiro atoms. The van der Waals surface area contributed by atoms with E-state index in [0.29, 0.717) is 24.4 Å².